The van der Waals surface area contributed by atoms with Gasteiger partial charge in [-0.25, -0.2) is 0 Å². The molecule has 0 saturated carbocycles. The molecule has 110 valence electrons. The second kappa shape index (κ2) is 11.7. The Morgan fingerprint density at radius 2 is 1.40 bits per heavy atom. The van der Waals surface area contributed by atoms with Crippen LogP contribution < -0.4 is 29.6 Å². The molecule has 9 heteroatoms. The molecule has 20 heavy (non-hydrogen) atoms. The second-order valence-electron chi connectivity index (χ2n) is 3.77. The third-order valence-corrected chi connectivity index (χ3v) is 1.90. The van der Waals surface area contributed by atoms with E-state index >= 15 is 0 Å². The summed E-state index contributed by atoms with van der Waals surface area (Å²) in [6.07, 6.45) is -1.88. The molecule has 1 atom stereocenters. The van der Waals surface area contributed by atoms with Gasteiger partial charge in [-0.2, -0.15) is 0 Å². The number of carbonyl (C=O) groups excluding carboxylic acids is 2. The van der Waals surface area contributed by atoms with Gasteiger partial charge in [-0.05, 0) is 6.92 Å². The molecule has 0 aliphatic carbocycles. The zero-order valence-electron chi connectivity index (χ0n) is 12.5. The Labute approximate surface area is 139 Å². The summed E-state index contributed by atoms with van der Waals surface area (Å²) in [5.74, 6) is -3.61. The SMILES string of the molecule is CC(COC(=O)CCC(=O)O)OC(=O)CCC(=O)O.[H-].[Na+]. The predicted molar refractivity (Wildman–Crippen MR) is 61.4 cm³/mol. The summed E-state index contributed by atoms with van der Waals surface area (Å²) in [5, 5.41) is 16.7. The minimum atomic E-state index is -1.11. The fourth-order valence-corrected chi connectivity index (χ4v) is 1.02. The minimum Gasteiger partial charge on any atom is -1.00 e. The molecule has 0 saturated heterocycles. The van der Waals surface area contributed by atoms with Crippen LogP contribution in [0.5, 0.6) is 0 Å². The van der Waals surface area contributed by atoms with E-state index < -0.39 is 30.0 Å². The van der Waals surface area contributed by atoms with Crippen molar-refractivity contribution in [3.05, 3.63) is 0 Å². The first kappa shape index (κ1) is 21.2. The van der Waals surface area contributed by atoms with E-state index in [1.165, 1.54) is 6.92 Å². The molecule has 0 aromatic rings. The van der Waals surface area contributed by atoms with E-state index in [0.717, 1.165) is 0 Å². The number of rotatable bonds is 9. The van der Waals surface area contributed by atoms with Gasteiger partial charge in [-0.1, -0.05) is 0 Å². The van der Waals surface area contributed by atoms with Crippen LogP contribution in [0.4, 0.5) is 0 Å². The number of hydrogen-bond donors (Lipinski definition) is 2. The second-order valence-corrected chi connectivity index (χ2v) is 3.77. The van der Waals surface area contributed by atoms with E-state index in [0.29, 0.717) is 0 Å². The van der Waals surface area contributed by atoms with Gasteiger partial charge in [0.05, 0.1) is 25.7 Å². The van der Waals surface area contributed by atoms with Crippen molar-refractivity contribution in [1.29, 1.82) is 0 Å². The molecule has 8 nitrogen and oxygen atoms in total. The maximum atomic E-state index is 11.1. The van der Waals surface area contributed by atoms with E-state index in [1.54, 1.807) is 0 Å². The molecule has 0 radical (unpaired) electrons. The standard InChI is InChI=1S/C11H16O8.Na.H/c1-7(19-11(17)5-3-9(14)15)6-18-10(16)4-2-8(12)13;;/h7H,2-6H2,1H3,(H,12,13)(H,14,15);;/q;+1;-1. The Morgan fingerprint density at radius 3 is 1.85 bits per heavy atom. The van der Waals surface area contributed by atoms with Crippen LogP contribution in [0.25, 0.3) is 0 Å². The van der Waals surface area contributed by atoms with Crippen molar-refractivity contribution < 1.29 is 69.8 Å². The maximum absolute atomic E-state index is 11.1. The fraction of sp³-hybridized carbons (Fsp3) is 0.636. The van der Waals surface area contributed by atoms with Crippen LogP contribution in [0.1, 0.15) is 34.0 Å². The number of ether oxygens (including phenoxy) is 2. The first-order chi connectivity index (χ1) is 8.81. The summed E-state index contributed by atoms with van der Waals surface area (Å²) in [7, 11) is 0. The van der Waals surface area contributed by atoms with Gasteiger partial charge in [0.1, 0.15) is 12.7 Å². The Hall–Kier alpha value is -1.12. The molecule has 0 aromatic heterocycles. The number of carboxylic acid groups (broad SMARTS) is 2. The molecule has 0 spiro atoms. The molecule has 0 aliphatic rings. The van der Waals surface area contributed by atoms with Crippen LogP contribution in [-0.2, 0) is 28.7 Å². The van der Waals surface area contributed by atoms with Gasteiger partial charge in [-0.15, -0.1) is 0 Å². The molecule has 2 N–H and O–H groups in total. The molecule has 0 aliphatic heterocycles. The van der Waals surface area contributed by atoms with Gasteiger partial charge in [0.15, 0.2) is 0 Å². The summed E-state index contributed by atoms with van der Waals surface area (Å²) in [6.45, 7) is 1.28. The van der Waals surface area contributed by atoms with Crippen molar-refractivity contribution in [1.82, 2.24) is 0 Å². The summed E-state index contributed by atoms with van der Waals surface area (Å²) in [6, 6.07) is 0. The third-order valence-electron chi connectivity index (χ3n) is 1.90. The first-order valence-corrected chi connectivity index (χ1v) is 5.60. The Bertz CT molecular complexity index is 360. The van der Waals surface area contributed by atoms with Crippen molar-refractivity contribution in [2.24, 2.45) is 0 Å². The van der Waals surface area contributed by atoms with E-state index in [4.69, 9.17) is 14.9 Å². The van der Waals surface area contributed by atoms with Crippen LogP contribution in [0.3, 0.4) is 0 Å². The van der Waals surface area contributed by atoms with E-state index in [-0.39, 0.29) is 63.3 Å². The van der Waals surface area contributed by atoms with E-state index in [1.807, 2.05) is 0 Å². The normalized spacial score (nSPS) is 10.8. The van der Waals surface area contributed by atoms with Crippen LogP contribution in [-0.4, -0.2) is 46.8 Å². The van der Waals surface area contributed by atoms with E-state index in [2.05, 4.69) is 4.74 Å². The number of hydrogen-bond acceptors (Lipinski definition) is 6. The molecule has 0 fully saturated rings. The van der Waals surface area contributed by atoms with Gasteiger partial charge in [-0.3, -0.25) is 19.2 Å². The van der Waals surface area contributed by atoms with Crippen LogP contribution >= 0.6 is 0 Å². The van der Waals surface area contributed by atoms with Gasteiger partial charge in [0, 0.05) is 0 Å². The summed E-state index contributed by atoms with van der Waals surface area (Å²) < 4.78 is 9.47. The number of carboxylic acids is 2. The van der Waals surface area contributed by atoms with Crippen molar-refractivity contribution in [2.45, 2.75) is 38.7 Å². The van der Waals surface area contributed by atoms with Gasteiger partial charge >= 0.3 is 53.4 Å². The number of esters is 2. The summed E-state index contributed by atoms with van der Waals surface area (Å²) in [5.41, 5.74) is 0. The Balaban J connectivity index is -0.00000162. The molecule has 0 amide bonds. The van der Waals surface area contributed by atoms with Crippen molar-refractivity contribution in [2.75, 3.05) is 6.61 Å². The largest absolute Gasteiger partial charge is 1.00 e. The fourth-order valence-electron chi connectivity index (χ4n) is 1.02. The zero-order chi connectivity index (χ0) is 14.8. The molecular weight excluding hydrogens is 283 g/mol. The minimum absolute atomic E-state index is 0. The zero-order valence-corrected chi connectivity index (χ0v) is 13.5. The van der Waals surface area contributed by atoms with Gasteiger partial charge in [0.2, 0.25) is 0 Å². The van der Waals surface area contributed by atoms with Gasteiger partial charge in [0.25, 0.3) is 0 Å². The van der Waals surface area contributed by atoms with Crippen LogP contribution in [0, 0.1) is 0 Å². The summed E-state index contributed by atoms with van der Waals surface area (Å²) in [4.78, 5) is 42.6. The van der Waals surface area contributed by atoms with Crippen molar-refractivity contribution in [3.8, 4) is 0 Å². The maximum Gasteiger partial charge on any atom is 1.00 e. The number of carbonyl (C=O) groups is 4. The molecule has 0 bridgehead atoms. The van der Waals surface area contributed by atoms with Crippen molar-refractivity contribution in [3.63, 3.8) is 0 Å². The third kappa shape index (κ3) is 13.3. The number of aliphatic carboxylic acids is 2. The molecule has 1 unspecified atom stereocenters. The average Bonchev–Trinajstić information content (AvgIpc) is 2.31. The molecule has 0 aromatic carbocycles. The Morgan fingerprint density at radius 1 is 0.950 bits per heavy atom. The Kier molecular flexibility index (Phi) is 12.4. The average molecular weight is 300 g/mol. The monoisotopic (exact) mass is 300 g/mol. The van der Waals surface area contributed by atoms with E-state index in [9.17, 15) is 19.2 Å². The molecular formula is C11H17NaO8. The van der Waals surface area contributed by atoms with Gasteiger partial charge < -0.3 is 21.1 Å². The predicted octanol–water partition coefficient (Wildman–Crippen LogP) is -2.69. The van der Waals surface area contributed by atoms with Crippen LogP contribution in [0.15, 0.2) is 0 Å². The smallest absolute Gasteiger partial charge is 1.00 e. The topological polar surface area (TPSA) is 127 Å². The summed E-state index contributed by atoms with van der Waals surface area (Å²) >= 11 is 0. The molecule has 0 heterocycles. The first-order valence-electron chi connectivity index (χ1n) is 5.60. The quantitative estimate of drug-likeness (QED) is 0.348. The molecule has 0 rings (SSSR count). The van der Waals surface area contributed by atoms with Crippen molar-refractivity contribution >= 4 is 23.9 Å². The van der Waals surface area contributed by atoms with Crippen LogP contribution in [0.2, 0.25) is 0 Å².